The maximum Gasteiger partial charge on any atom is 0.243 e. The number of aryl methyl sites for hydroxylation is 1. The highest BCUT2D eigenvalue weighted by Crippen LogP contribution is 2.29. The van der Waals surface area contributed by atoms with Gasteiger partial charge in [0.25, 0.3) is 0 Å². The maximum absolute atomic E-state index is 13.1. The van der Waals surface area contributed by atoms with Crippen molar-refractivity contribution in [3.63, 3.8) is 0 Å². The van der Waals surface area contributed by atoms with Crippen LogP contribution in [0.5, 0.6) is 0 Å². The van der Waals surface area contributed by atoms with Gasteiger partial charge in [0.2, 0.25) is 15.9 Å². The van der Waals surface area contributed by atoms with E-state index in [1.54, 1.807) is 24.3 Å². The number of likely N-dealkylation sites (tertiary alicyclic amines) is 1. The van der Waals surface area contributed by atoms with Gasteiger partial charge in [-0.25, -0.2) is 8.42 Å². The Labute approximate surface area is 151 Å². The Kier molecular flexibility index (Phi) is 5.21. The van der Waals surface area contributed by atoms with E-state index in [1.165, 1.54) is 4.31 Å². The van der Waals surface area contributed by atoms with Crippen molar-refractivity contribution in [2.45, 2.75) is 51.0 Å². The first-order chi connectivity index (χ1) is 11.8. The molecule has 0 radical (unpaired) electrons. The van der Waals surface area contributed by atoms with Crippen molar-refractivity contribution in [1.29, 1.82) is 0 Å². The predicted octanol–water partition coefficient (Wildman–Crippen LogP) is 2.65. The molecule has 0 unspecified atom stereocenters. The SMILES string of the molecule is Cc1ccc(S(=O)(=O)N2CCC[C@@H]2C(=O)N2C[C@H](C)C[C@@H](C)C2)cc1. The molecule has 2 aliphatic heterocycles. The van der Waals surface area contributed by atoms with Gasteiger partial charge >= 0.3 is 0 Å². The normalized spacial score (nSPS) is 28.3. The predicted molar refractivity (Wildman–Crippen MR) is 97.6 cm³/mol. The van der Waals surface area contributed by atoms with Crippen LogP contribution in [-0.4, -0.2) is 49.2 Å². The van der Waals surface area contributed by atoms with Gasteiger partial charge in [-0.1, -0.05) is 31.5 Å². The molecule has 1 aromatic rings. The van der Waals surface area contributed by atoms with Crippen molar-refractivity contribution in [3.8, 4) is 0 Å². The quantitative estimate of drug-likeness (QED) is 0.828. The fraction of sp³-hybridized carbons (Fsp3) is 0.632. The number of hydrogen-bond acceptors (Lipinski definition) is 3. The Morgan fingerprint density at radius 3 is 2.28 bits per heavy atom. The molecule has 25 heavy (non-hydrogen) atoms. The van der Waals surface area contributed by atoms with Crippen LogP contribution in [-0.2, 0) is 14.8 Å². The van der Waals surface area contributed by atoms with E-state index in [-0.39, 0.29) is 10.8 Å². The summed E-state index contributed by atoms with van der Waals surface area (Å²) >= 11 is 0. The van der Waals surface area contributed by atoms with E-state index in [4.69, 9.17) is 0 Å². The summed E-state index contributed by atoms with van der Waals surface area (Å²) in [6.45, 7) is 8.13. The zero-order valence-corrected chi connectivity index (χ0v) is 16.1. The highest BCUT2D eigenvalue weighted by molar-refractivity contribution is 7.89. The Balaban J connectivity index is 1.82. The number of nitrogens with zero attached hydrogens (tertiary/aromatic N) is 2. The van der Waals surface area contributed by atoms with Gasteiger partial charge in [0.05, 0.1) is 4.90 Å². The Hall–Kier alpha value is -1.40. The summed E-state index contributed by atoms with van der Waals surface area (Å²) in [4.78, 5) is 15.2. The molecule has 2 aliphatic rings. The summed E-state index contributed by atoms with van der Waals surface area (Å²) in [5, 5.41) is 0. The zero-order chi connectivity index (χ0) is 18.2. The summed E-state index contributed by atoms with van der Waals surface area (Å²) in [5.74, 6) is 0.916. The molecule has 3 atom stereocenters. The molecule has 0 bridgehead atoms. The van der Waals surface area contributed by atoms with Gasteiger partial charge in [0, 0.05) is 19.6 Å². The molecule has 0 aromatic heterocycles. The van der Waals surface area contributed by atoms with E-state index in [9.17, 15) is 13.2 Å². The smallest absolute Gasteiger partial charge is 0.243 e. The molecule has 3 rings (SSSR count). The lowest BCUT2D eigenvalue weighted by Gasteiger charge is -2.37. The average molecular weight is 365 g/mol. The topological polar surface area (TPSA) is 57.7 Å². The number of hydrogen-bond donors (Lipinski definition) is 0. The third-order valence-electron chi connectivity index (χ3n) is 5.30. The molecular formula is C19H28N2O3S. The second kappa shape index (κ2) is 7.08. The van der Waals surface area contributed by atoms with Crippen LogP contribution < -0.4 is 0 Å². The summed E-state index contributed by atoms with van der Waals surface area (Å²) in [6, 6.07) is 6.32. The Bertz CT molecular complexity index is 720. The summed E-state index contributed by atoms with van der Waals surface area (Å²) in [6.07, 6.45) is 2.48. The molecule has 5 nitrogen and oxygen atoms in total. The van der Waals surface area contributed by atoms with Crippen molar-refractivity contribution in [1.82, 2.24) is 9.21 Å². The second-order valence-corrected chi connectivity index (χ2v) is 9.67. The monoisotopic (exact) mass is 364 g/mol. The second-order valence-electron chi connectivity index (χ2n) is 7.78. The molecule has 0 aliphatic carbocycles. The van der Waals surface area contributed by atoms with Gasteiger partial charge < -0.3 is 4.90 Å². The molecule has 138 valence electrons. The van der Waals surface area contributed by atoms with Crippen LogP contribution in [0.15, 0.2) is 29.2 Å². The first kappa shape index (κ1) is 18.4. The van der Waals surface area contributed by atoms with Gasteiger partial charge in [0.15, 0.2) is 0 Å². The van der Waals surface area contributed by atoms with Gasteiger partial charge in [0.1, 0.15) is 6.04 Å². The lowest BCUT2D eigenvalue weighted by molar-refractivity contribution is -0.137. The molecule has 2 saturated heterocycles. The molecule has 0 N–H and O–H groups in total. The summed E-state index contributed by atoms with van der Waals surface area (Å²) < 4.78 is 27.5. The largest absolute Gasteiger partial charge is 0.341 e. The lowest BCUT2D eigenvalue weighted by atomic mass is 9.91. The van der Waals surface area contributed by atoms with Crippen molar-refractivity contribution in [2.75, 3.05) is 19.6 Å². The molecule has 1 aromatic carbocycles. The highest BCUT2D eigenvalue weighted by atomic mass is 32.2. The van der Waals surface area contributed by atoms with Crippen LogP contribution in [0.4, 0.5) is 0 Å². The van der Waals surface area contributed by atoms with Crippen molar-refractivity contribution < 1.29 is 13.2 Å². The summed E-state index contributed by atoms with van der Waals surface area (Å²) in [7, 11) is -3.63. The van der Waals surface area contributed by atoms with Crippen molar-refractivity contribution in [2.24, 2.45) is 11.8 Å². The molecule has 2 heterocycles. The minimum absolute atomic E-state index is 0.0217. The van der Waals surface area contributed by atoms with E-state index < -0.39 is 16.1 Å². The first-order valence-electron chi connectivity index (χ1n) is 9.16. The minimum Gasteiger partial charge on any atom is -0.341 e. The number of amides is 1. The summed E-state index contributed by atoms with van der Waals surface area (Å²) in [5.41, 5.74) is 1.02. The molecule has 2 fully saturated rings. The molecular weight excluding hydrogens is 336 g/mol. The third kappa shape index (κ3) is 3.75. The van der Waals surface area contributed by atoms with Crippen LogP contribution in [0.1, 0.15) is 38.7 Å². The number of carbonyl (C=O) groups is 1. The van der Waals surface area contributed by atoms with Gasteiger partial charge in [-0.2, -0.15) is 4.31 Å². The number of piperidine rings is 1. The van der Waals surface area contributed by atoms with Crippen molar-refractivity contribution >= 4 is 15.9 Å². The van der Waals surface area contributed by atoms with E-state index in [1.807, 2.05) is 11.8 Å². The van der Waals surface area contributed by atoms with Gasteiger partial charge in [-0.3, -0.25) is 4.79 Å². The molecule has 6 heteroatoms. The fourth-order valence-corrected chi connectivity index (χ4v) is 5.82. The van der Waals surface area contributed by atoms with Crippen LogP contribution in [0.2, 0.25) is 0 Å². The van der Waals surface area contributed by atoms with Gasteiger partial charge in [-0.05, 0) is 50.2 Å². The number of sulfonamides is 1. The minimum atomic E-state index is -3.63. The molecule has 0 saturated carbocycles. The average Bonchev–Trinajstić information content (AvgIpc) is 3.04. The van der Waals surface area contributed by atoms with Crippen LogP contribution in [0.25, 0.3) is 0 Å². The molecule has 0 spiro atoms. The van der Waals surface area contributed by atoms with Gasteiger partial charge in [-0.15, -0.1) is 0 Å². The van der Waals surface area contributed by atoms with Crippen LogP contribution in [0.3, 0.4) is 0 Å². The fourth-order valence-electron chi connectivity index (χ4n) is 4.17. The highest BCUT2D eigenvalue weighted by Gasteiger charge is 2.42. The third-order valence-corrected chi connectivity index (χ3v) is 7.22. The van der Waals surface area contributed by atoms with E-state index >= 15 is 0 Å². The van der Waals surface area contributed by atoms with Crippen LogP contribution in [0, 0.1) is 18.8 Å². The molecule has 1 amide bonds. The van der Waals surface area contributed by atoms with E-state index in [0.29, 0.717) is 24.8 Å². The maximum atomic E-state index is 13.1. The van der Waals surface area contributed by atoms with E-state index in [2.05, 4.69) is 13.8 Å². The lowest BCUT2D eigenvalue weighted by Crippen LogP contribution is -2.51. The number of rotatable bonds is 3. The standard InChI is InChI=1S/C19H28N2O3S/c1-14-6-8-17(9-7-14)25(23,24)21-10-4-5-18(21)19(22)20-12-15(2)11-16(3)13-20/h6-9,15-16,18H,4-5,10-13H2,1-3H3/t15-,16-,18-/m1/s1. The van der Waals surface area contributed by atoms with Crippen molar-refractivity contribution in [3.05, 3.63) is 29.8 Å². The number of benzene rings is 1. The van der Waals surface area contributed by atoms with Crippen LogP contribution >= 0.6 is 0 Å². The number of carbonyl (C=O) groups excluding carboxylic acids is 1. The zero-order valence-electron chi connectivity index (χ0n) is 15.3. The Morgan fingerprint density at radius 2 is 1.68 bits per heavy atom. The van der Waals surface area contributed by atoms with E-state index in [0.717, 1.165) is 31.5 Å². The Morgan fingerprint density at radius 1 is 1.08 bits per heavy atom. The first-order valence-corrected chi connectivity index (χ1v) is 10.6.